The predicted molar refractivity (Wildman–Crippen MR) is 82.0 cm³/mol. The SMILES string of the molecule is CC(N[C@H]1CCN(C(=O)OC(C)(C)C)C1)c1ccccn1. The number of aromatic nitrogens is 1. The van der Waals surface area contributed by atoms with Crippen LogP contribution in [0, 0.1) is 0 Å². The molecule has 1 N–H and O–H groups in total. The molecule has 0 aliphatic carbocycles. The Labute approximate surface area is 126 Å². The van der Waals surface area contributed by atoms with Crippen LogP contribution in [0.1, 0.15) is 45.9 Å². The Morgan fingerprint density at radius 1 is 1.48 bits per heavy atom. The van der Waals surface area contributed by atoms with Crippen LogP contribution in [0.5, 0.6) is 0 Å². The maximum absolute atomic E-state index is 12.0. The molecule has 0 saturated carbocycles. The van der Waals surface area contributed by atoms with Gasteiger partial charge in [0.05, 0.1) is 5.69 Å². The van der Waals surface area contributed by atoms with Crippen LogP contribution in [-0.4, -0.2) is 40.7 Å². The van der Waals surface area contributed by atoms with E-state index in [2.05, 4.69) is 17.2 Å². The third-order valence-electron chi connectivity index (χ3n) is 3.46. The largest absolute Gasteiger partial charge is 0.444 e. The molecule has 1 aliphatic heterocycles. The van der Waals surface area contributed by atoms with E-state index in [9.17, 15) is 4.79 Å². The van der Waals surface area contributed by atoms with Crippen LogP contribution in [0.4, 0.5) is 4.79 Å². The Kier molecular flexibility index (Phi) is 4.83. The van der Waals surface area contributed by atoms with E-state index in [4.69, 9.17) is 4.74 Å². The van der Waals surface area contributed by atoms with E-state index in [0.717, 1.165) is 18.7 Å². The van der Waals surface area contributed by atoms with Crippen LogP contribution < -0.4 is 5.32 Å². The Morgan fingerprint density at radius 3 is 2.86 bits per heavy atom. The summed E-state index contributed by atoms with van der Waals surface area (Å²) in [5, 5.41) is 3.53. The summed E-state index contributed by atoms with van der Waals surface area (Å²) in [4.78, 5) is 18.2. The number of carbonyl (C=O) groups is 1. The first-order valence-corrected chi connectivity index (χ1v) is 7.50. The maximum atomic E-state index is 12.0. The molecule has 1 amide bonds. The minimum Gasteiger partial charge on any atom is -0.444 e. The van der Waals surface area contributed by atoms with Crippen LogP contribution in [0.2, 0.25) is 0 Å². The molecule has 2 atom stereocenters. The highest BCUT2D eigenvalue weighted by Crippen LogP contribution is 2.18. The number of hydrogen-bond donors (Lipinski definition) is 1. The first-order chi connectivity index (χ1) is 9.85. The molecule has 1 fully saturated rings. The molecule has 0 spiro atoms. The van der Waals surface area contributed by atoms with Crippen LogP contribution >= 0.6 is 0 Å². The van der Waals surface area contributed by atoms with E-state index >= 15 is 0 Å². The molecule has 1 aliphatic rings. The van der Waals surface area contributed by atoms with E-state index in [0.29, 0.717) is 6.54 Å². The van der Waals surface area contributed by atoms with Gasteiger partial charge < -0.3 is 15.0 Å². The summed E-state index contributed by atoms with van der Waals surface area (Å²) in [6.07, 6.45) is 2.52. The zero-order valence-corrected chi connectivity index (χ0v) is 13.3. The van der Waals surface area contributed by atoms with Crippen molar-refractivity contribution in [3.05, 3.63) is 30.1 Å². The summed E-state index contributed by atoms with van der Waals surface area (Å²) in [7, 11) is 0. The predicted octanol–water partition coefficient (Wildman–Crippen LogP) is 2.74. The van der Waals surface area contributed by atoms with Crippen LogP contribution in [0.15, 0.2) is 24.4 Å². The normalized spacial score (nSPS) is 20.4. The lowest BCUT2D eigenvalue weighted by molar-refractivity contribution is 0.0290. The summed E-state index contributed by atoms with van der Waals surface area (Å²) in [6, 6.07) is 6.38. The van der Waals surface area contributed by atoms with Crippen molar-refractivity contribution in [3.8, 4) is 0 Å². The van der Waals surface area contributed by atoms with Crippen molar-refractivity contribution in [1.82, 2.24) is 15.2 Å². The second-order valence-corrected chi connectivity index (χ2v) is 6.55. The smallest absolute Gasteiger partial charge is 0.410 e. The van der Waals surface area contributed by atoms with Gasteiger partial charge in [0.1, 0.15) is 5.60 Å². The van der Waals surface area contributed by atoms with Crippen molar-refractivity contribution in [2.45, 2.75) is 51.8 Å². The zero-order valence-electron chi connectivity index (χ0n) is 13.3. The molecular weight excluding hydrogens is 266 g/mol. The Morgan fingerprint density at radius 2 is 2.24 bits per heavy atom. The molecule has 0 aromatic carbocycles. The zero-order chi connectivity index (χ0) is 15.5. The molecule has 0 radical (unpaired) electrons. The number of pyridine rings is 1. The van der Waals surface area contributed by atoms with E-state index in [1.54, 1.807) is 11.1 Å². The third-order valence-corrected chi connectivity index (χ3v) is 3.46. The van der Waals surface area contributed by atoms with Gasteiger partial charge in [0.25, 0.3) is 0 Å². The first kappa shape index (κ1) is 15.8. The van der Waals surface area contributed by atoms with E-state index in [-0.39, 0.29) is 18.2 Å². The number of ether oxygens (including phenoxy) is 1. The van der Waals surface area contributed by atoms with Gasteiger partial charge in [-0.2, -0.15) is 0 Å². The lowest BCUT2D eigenvalue weighted by atomic mass is 10.1. The molecule has 5 nitrogen and oxygen atoms in total. The fourth-order valence-corrected chi connectivity index (χ4v) is 2.46. The topological polar surface area (TPSA) is 54.5 Å². The summed E-state index contributed by atoms with van der Waals surface area (Å²) < 4.78 is 5.41. The van der Waals surface area contributed by atoms with Gasteiger partial charge in [-0.3, -0.25) is 4.98 Å². The number of nitrogens with zero attached hydrogens (tertiary/aromatic N) is 2. The second kappa shape index (κ2) is 6.43. The fourth-order valence-electron chi connectivity index (χ4n) is 2.46. The van der Waals surface area contributed by atoms with Gasteiger partial charge >= 0.3 is 6.09 Å². The average molecular weight is 291 g/mol. The number of carbonyl (C=O) groups excluding carboxylic acids is 1. The van der Waals surface area contributed by atoms with Crippen molar-refractivity contribution in [3.63, 3.8) is 0 Å². The summed E-state index contributed by atoms with van der Waals surface area (Å²) in [6.45, 7) is 9.19. The lowest BCUT2D eigenvalue weighted by Gasteiger charge is -2.25. The third kappa shape index (κ3) is 4.70. The van der Waals surface area contributed by atoms with Gasteiger partial charge in [-0.15, -0.1) is 0 Å². The van der Waals surface area contributed by atoms with E-state index in [1.807, 2.05) is 39.0 Å². The molecule has 0 bridgehead atoms. The van der Waals surface area contributed by atoms with Gasteiger partial charge in [0.15, 0.2) is 0 Å². The summed E-state index contributed by atoms with van der Waals surface area (Å²) >= 11 is 0. The van der Waals surface area contributed by atoms with Crippen molar-refractivity contribution >= 4 is 6.09 Å². The molecule has 1 aromatic heterocycles. The van der Waals surface area contributed by atoms with E-state index in [1.165, 1.54) is 0 Å². The molecule has 1 saturated heterocycles. The van der Waals surface area contributed by atoms with Crippen LogP contribution in [0.25, 0.3) is 0 Å². The number of nitrogens with one attached hydrogen (secondary N) is 1. The molecule has 5 heteroatoms. The number of rotatable bonds is 3. The summed E-state index contributed by atoms with van der Waals surface area (Å²) in [5.74, 6) is 0. The maximum Gasteiger partial charge on any atom is 0.410 e. The number of likely N-dealkylation sites (tertiary alicyclic amines) is 1. The van der Waals surface area contributed by atoms with E-state index < -0.39 is 5.60 Å². The standard InChI is InChI=1S/C16H25N3O2/c1-12(14-7-5-6-9-17-14)18-13-8-10-19(11-13)15(20)21-16(2,3)4/h5-7,9,12-13,18H,8,10-11H2,1-4H3/t12?,13-/m0/s1. The molecule has 2 heterocycles. The Bertz CT molecular complexity index is 470. The van der Waals surface area contributed by atoms with Gasteiger partial charge in [0, 0.05) is 31.4 Å². The number of hydrogen-bond acceptors (Lipinski definition) is 4. The van der Waals surface area contributed by atoms with Gasteiger partial charge in [-0.05, 0) is 46.2 Å². The lowest BCUT2D eigenvalue weighted by Crippen LogP contribution is -2.39. The number of amides is 1. The van der Waals surface area contributed by atoms with Gasteiger partial charge in [0.2, 0.25) is 0 Å². The van der Waals surface area contributed by atoms with Crippen molar-refractivity contribution < 1.29 is 9.53 Å². The van der Waals surface area contributed by atoms with Crippen LogP contribution in [-0.2, 0) is 4.74 Å². The average Bonchev–Trinajstić information content (AvgIpc) is 2.86. The molecule has 2 rings (SSSR count). The van der Waals surface area contributed by atoms with Crippen molar-refractivity contribution in [2.75, 3.05) is 13.1 Å². The minimum atomic E-state index is -0.441. The highest BCUT2D eigenvalue weighted by molar-refractivity contribution is 5.68. The quantitative estimate of drug-likeness (QED) is 0.930. The second-order valence-electron chi connectivity index (χ2n) is 6.55. The molecule has 1 unspecified atom stereocenters. The molecular formula is C16H25N3O2. The van der Waals surface area contributed by atoms with Crippen LogP contribution in [0.3, 0.4) is 0 Å². The monoisotopic (exact) mass is 291 g/mol. The highest BCUT2D eigenvalue weighted by Gasteiger charge is 2.30. The highest BCUT2D eigenvalue weighted by atomic mass is 16.6. The molecule has 116 valence electrons. The Balaban J connectivity index is 1.84. The minimum absolute atomic E-state index is 0.176. The summed E-state index contributed by atoms with van der Waals surface area (Å²) in [5.41, 5.74) is 0.581. The molecule has 1 aromatic rings. The van der Waals surface area contributed by atoms with Crippen molar-refractivity contribution in [1.29, 1.82) is 0 Å². The van der Waals surface area contributed by atoms with Gasteiger partial charge in [-0.1, -0.05) is 6.07 Å². The molecule has 21 heavy (non-hydrogen) atoms. The van der Waals surface area contributed by atoms with Gasteiger partial charge in [-0.25, -0.2) is 4.79 Å². The first-order valence-electron chi connectivity index (χ1n) is 7.50. The Hall–Kier alpha value is -1.62. The van der Waals surface area contributed by atoms with Crippen molar-refractivity contribution in [2.24, 2.45) is 0 Å². The fraction of sp³-hybridized carbons (Fsp3) is 0.625.